The first-order chi connectivity index (χ1) is 15.2. The van der Waals surface area contributed by atoms with Crippen molar-refractivity contribution in [2.24, 2.45) is 0 Å². The number of hydrogen-bond donors (Lipinski definition) is 0. The van der Waals surface area contributed by atoms with Crippen molar-refractivity contribution >= 4 is 27.9 Å². The number of fused-ring (bicyclic) bond motifs is 1. The summed E-state index contributed by atoms with van der Waals surface area (Å²) >= 11 is 1.60. The molecular formula is C23H29N5O2S. The van der Waals surface area contributed by atoms with E-state index in [2.05, 4.69) is 26.9 Å². The number of amides is 1. The summed E-state index contributed by atoms with van der Waals surface area (Å²) in [5.74, 6) is 1.13. The minimum atomic E-state index is 0.197. The lowest BCUT2D eigenvalue weighted by Crippen LogP contribution is -2.56. The Morgan fingerprint density at radius 2 is 2.03 bits per heavy atom. The molecular weight excluding hydrogens is 410 g/mol. The van der Waals surface area contributed by atoms with Crippen LogP contribution in [0.2, 0.25) is 0 Å². The van der Waals surface area contributed by atoms with E-state index in [0.717, 1.165) is 62.1 Å². The molecule has 0 spiro atoms. The SMILES string of the molecule is COc1ccccc1N1CCN([C@@H]2CCCN(C(=O)Cc3cn4ccsc4n3)C2)CC1. The highest BCUT2D eigenvalue weighted by molar-refractivity contribution is 7.15. The number of likely N-dealkylation sites (tertiary alicyclic amines) is 1. The van der Waals surface area contributed by atoms with Crippen LogP contribution in [0.25, 0.3) is 4.96 Å². The first-order valence-electron chi connectivity index (χ1n) is 11.0. The van der Waals surface area contributed by atoms with Gasteiger partial charge in [-0.1, -0.05) is 12.1 Å². The van der Waals surface area contributed by atoms with Crippen molar-refractivity contribution in [2.75, 3.05) is 51.3 Å². The van der Waals surface area contributed by atoms with Gasteiger partial charge in [-0.2, -0.15) is 0 Å². The number of benzene rings is 1. The third-order valence-corrected chi connectivity index (χ3v) is 7.25. The molecule has 0 N–H and O–H groups in total. The molecule has 2 aliphatic rings. The predicted octanol–water partition coefficient (Wildman–Crippen LogP) is 2.76. The van der Waals surface area contributed by atoms with Crippen LogP contribution in [-0.2, 0) is 11.2 Å². The van der Waals surface area contributed by atoms with E-state index in [1.165, 1.54) is 12.1 Å². The smallest absolute Gasteiger partial charge is 0.228 e. The summed E-state index contributed by atoms with van der Waals surface area (Å²) in [6.45, 7) is 5.69. The standard InChI is InChI=1S/C23H29N5O2S/c1-30-21-7-3-2-6-20(21)26-11-9-25(10-12-26)19-5-4-8-27(17-19)22(29)15-18-16-28-13-14-31-23(28)24-18/h2-3,6-7,13-14,16,19H,4-5,8-12,15,17H2,1H3/t19-/m1/s1. The Hall–Kier alpha value is -2.58. The number of carbonyl (C=O) groups is 1. The van der Waals surface area contributed by atoms with Crippen LogP contribution in [0.4, 0.5) is 5.69 Å². The van der Waals surface area contributed by atoms with Crippen LogP contribution in [0.5, 0.6) is 5.75 Å². The Labute approximate surface area is 186 Å². The molecule has 0 unspecified atom stereocenters. The predicted molar refractivity (Wildman–Crippen MR) is 123 cm³/mol. The number of methoxy groups -OCH3 is 1. The molecule has 2 aromatic heterocycles. The van der Waals surface area contributed by atoms with Crippen molar-refractivity contribution in [3.63, 3.8) is 0 Å². The van der Waals surface area contributed by atoms with E-state index in [0.29, 0.717) is 12.5 Å². The highest BCUT2D eigenvalue weighted by Crippen LogP contribution is 2.29. The number of piperazine rings is 1. The molecule has 0 saturated carbocycles. The number of aromatic nitrogens is 2. The molecule has 4 heterocycles. The zero-order valence-corrected chi connectivity index (χ0v) is 18.8. The van der Waals surface area contributed by atoms with Gasteiger partial charge in [0.2, 0.25) is 5.91 Å². The summed E-state index contributed by atoms with van der Waals surface area (Å²) in [5, 5.41) is 2.01. The van der Waals surface area contributed by atoms with E-state index in [4.69, 9.17) is 4.74 Å². The summed E-state index contributed by atoms with van der Waals surface area (Å²) in [6.07, 6.45) is 6.59. The lowest BCUT2D eigenvalue weighted by Gasteiger charge is -2.44. The highest BCUT2D eigenvalue weighted by Gasteiger charge is 2.30. The molecule has 0 bridgehead atoms. The molecule has 7 nitrogen and oxygen atoms in total. The summed E-state index contributed by atoms with van der Waals surface area (Å²) < 4.78 is 7.53. The number of thiazole rings is 1. The zero-order valence-electron chi connectivity index (χ0n) is 17.9. The molecule has 0 aliphatic carbocycles. The fourth-order valence-corrected chi connectivity index (χ4v) is 5.55. The maximum atomic E-state index is 12.9. The van der Waals surface area contributed by atoms with Crippen LogP contribution in [0.15, 0.2) is 42.0 Å². The van der Waals surface area contributed by atoms with Gasteiger partial charge in [0, 0.05) is 63.1 Å². The molecule has 164 valence electrons. The zero-order chi connectivity index (χ0) is 21.2. The fourth-order valence-electron chi connectivity index (χ4n) is 4.83. The number of hydrogen-bond acceptors (Lipinski definition) is 6. The monoisotopic (exact) mass is 439 g/mol. The third kappa shape index (κ3) is 4.27. The molecule has 0 radical (unpaired) electrons. The Morgan fingerprint density at radius 1 is 1.19 bits per heavy atom. The highest BCUT2D eigenvalue weighted by atomic mass is 32.1. The van der Waals surface area contributed by atoms with Gasteiger partial charge >= 0.3 is 0 Å². The van der Waals surface area contributed by atoms with Crippen molar-refractivity contribution < 1.29 is 9.53 Å². The minimum Gasteiger partial charge on any atom is -0.495 e. The maximum absolute atomic E-state index is 12.9. The van der Waals surface area contributed by atoms with Gasteiger partial charge in [0.25, 0.3) is 0 Å². The van der Waals surface area contributed by atoms with Crippen molar-refractivity contribution in [1.29, 1.82) is 0 Å². The second-order valence-corrected chi connectivity index (χ2v) is 9.21. The Bertz CT molecular complexity index is 1010. The molecule has 3 aromatic rings. The van der Waals surface area contributed by atoms with E-state index in [1.54, 1.807) is 18.4 Å². The van der Waals surface area contributed by atoms with E-state index in [-0.39, 0.29) is 5.91 Å². The number of nitrogens with zero attached hydrogens (tertiary/aromatic N) is 5. The van der Waals surface area contributed by atoms with E-state index < -0.39 is 0 Å². The van der Waals surface area contributed by atoms with Crippen LogP contribution < -0.4 is 9.64 Å². The van der Waals surface area contributed by atoms with Crippen LogP contribution in [0.1, 0.15) is 18.5 Å². The van der Waals surface area contributed by atoms with E-state index >= 15 is 0 Å². The summed E-state index contributed by atoms with van der Waals surface area (Å²) in [6, 6.07) is 8.69. The van der Waals surface area contributed by atoms with Gasteiger partial charge < -0.3 is 14.5 Å². The van der Waals surface area contributed by atoms with Crippen molar-refractivity contribution in [1.82, 2.24) is 19.2 Å². The summed E-state index contributed by atoms with van der Waals surface area (Å²) in [5.41, 5.74) is 2.04. The second kappa shape index (κ2) is 8.88. The van der Waals surface area contributed by atoms with E-state index in [9.17, 15) is 4.79 Å². The van der Waals surface area contributed by atoms with Gasteiger partial charge in [-0.15, -0.1) is 11.3 Å². The Morgan fingerprint density at radius 3 is 2.84 bits per heavy atom. The topological polar surface area (TPSA) is 53.3 Å². The van der Waals surface area contributed by atoms with Gasteiger partial charge in [0.05, 0.1) is 24.9 Å². The van der Waals surface area contributed by atoms with Crippen LogP contribution in [0, 0.1) is 0 Å². The lowest BCUT2D eigenvalue weighted by molar-refractivity contribution is -0.132. The average molecular weight is 440 g/mol. The molecule has 1 amide bonds. The number of anilines is 1. The molecule has 31 heavy (non-hydrogen) atoms. The lowest BCUT2D eigenvalue weighted by atomic mass is 10.0. The molecule has 1 atom stereocenters. The largest absolute Gasteiger partial charge is 0.495 e. The number of rotatable bonds is 5. The minimum absolute atomic E-state index is 0.197. The first-order valence-corrected chi connectivity index (χ1v) is 11.9. The number of piperidine rings is 1. The molecule has 5 rings (SSSR count). The van der Waals surface area contributed by atoms with Gasteiger partial charge in [-0.05, 0) is 25.0 Å². The molecule has 1 aromatic carbocycles. The third-order valence-electron chi connectivity index (χ3n) is 6.48. The number of para-hydroxylation sites is 2. The van der Waals surface area contributed by atoms with Gasteiger partial charge in [-0.25, -0.2) is 4.98 Å². The maximum Gasteiger partial charge on any atom is 0.228 e. The van der Waals surface area contributed by atoms with Crippen molar-refractivity contribution in [3.8, 4) is 5.75 Å². The normalized spacial score (nSPS) is 20.4. The van der Waals surface area contributed by atoms with Crippen LogP contribution in [-0.4, -0.2) is 77.5 Å². The quantitative estimate of drug-likeness (QED) is 0.612. The van der Waals surface area contributed by atoms with Crippen LogP contribution in [0.3, 0.4) is 0 Å². The molecule has 2 fully saturated rings. The number of carbonyl (C=O) groups excluding carboxylic acids is 1. The van der Waals surface area contributed by atoms with Gasteiger partial charge in [0.15, 0.2) is 4.96 Å². The van der Waals surface area contributed by atoms with Gasteiger partial charge in [0.1, 0.15) is 5.75 Å². The van der Waals surface area contributed by atoms with E-state index in [1.807, 2.05) is 39.2 Å². The van der Waals surface area contributed by atoms with Crippen molar-refractivity contribution in [2.45, 2.75) is 25.3 Å². The summed E-state index contributed by atoms with van der Waals surface area (Å²) in [4.78, 5) is 25.5. The molecule has 2 aliphatic heterocycles. The average Bonchev–Trinajstić information content (AvgIpc) is 3.41. The number of ether oxygens (including phenoxy) is 1. The first kappa shape index (κ1) is 20.3. The van der Waals surface area contributed by atoms with Crippen LogP contribution >= 0.6 is 11.3 Å². The summed E-state index contributed by atoms with van der Waals surface area (Å²) in [7, 11) is 1.73. The molecule has 2 saturated heterocycles. The van der Waals surface area contributed by atoms with Crippen molar-refractivity contribution in [3.05, 3.63) is 47.7 Å². The molecule has 8 heteroatoms. The Kier molecular flexibility index (Phi) is 5.82. The Balaban J connectivity index is 1.17. The fraction of sp³-hybridized carbons (Fsp3) is 0.478. The second-order valence-electron chi connectivity index (χ2n) is 8.33. The number of imidazole rings is 1. The van der Waals surface area contributed by atoms with Gasteiger partial charge in [-0.3, -0.25) is 14.1 Å².